The zero-order valence-electron chi connectivity index (χ0n) is 9.68. The average Bonchev–Trinajstić information content (AvgIpc) is 2.75. The lowest BCUT2D eigenvalue weighted by molar-refractivity contribution is 0.832. The van der Waals surface area contributed by atoms with Gasteiger partial charge in [0, 0.05) is 18.0 Å². The summed E-state index contributed by atoms with van der Waals surface area (Å²) in [7, 11) is 0. The Morgan fingerprint density at radius 2 is 2.00 bits per heavy atom. The Morgan fingerprint density at radius 3 is 2.47 bits per heavy atom. The molecule has 0 saturated heterocycles. The first-order valence-corrected chi connectivity index (χ1v) is 6.53. The highest BCUT2D eigenvalue weighted by molar-refractivity contribution is 7.81. The maximum atomic E-state index is 5.73. The van der Waals surface area contributed by atoms with Gasteiger partial charge in [-0.1, -0.05) is 26.1 Å². The van der Waals surface area contributed by atoms with Gasteiger partial charge in [0.25, 0.3) is 0 Å². The number of nitrogens with zero attached hydrogens (tertiary/aromatic N) is 2. The molecule has 2 rings (SSSR count). The summed E-state index contributed by atoms with van der Waals surface area (Å²) in [4.78, 5) is 9.96. The maximum Gasteiger partial charge on any atom is 0.124 e. The third-order valence-corrected chi connectivity index (χ3v) is 3.84. The Kier molecular flexibility index (Phi) is 3.49. The largest absolute Gasteiger partial charge is 0.389 e. The number of hydrogen-bond acceptors (Lipinski definition) is 4. The number of rotatable bonds is 3. The number of thiocarbonyl (C=S) groups is 1. The van der Waals surface area contributed by atoms with Crippen LogP contribution in [0, 0.1) is 0 Å². The van der Waals surface area contributed by atoms with Gasteiger partial charge in [-0.25, -0.2) is 4.98 Å². The second-order valence-electron chi connectivity index (χ2n) is 3.99. The van der Waals surface area contributed by atoms with Crippen molar-refractivity contribution in [3.8, 4) is 10.6 Å². The molecule has 88 valence electrons. The van der Waals surface area contributed by atoms with E-state index in [9.17, 15) is 0 Å². The van der Waals surface area contributed by atoms with E-state index in [1.54, 1.807) is 23.7 Å². The van der Waals surface area contributed by atoms with Gasteiger partial charge in [0.2, 0.25) is 0 Å². The SMILES string of the molecule is CC(C)c1nc(-c2ccncc2)sc1C(N)=S. The van der Waals surface area contributed by atoms with Crippen LogP contribution in [0.2, 0.25) is 0 Å². The molecule has 0 atom stereocenters. The quantitative estimate of drug-likeness (QED) is 0.865. The van der Waals surface area contributed by atoms with E-state index >= 15 is 0 Å². The zero-order chi connectivity index (χ0) is 12.4. The van der Waals surface area contributed by atoms with Crippen LogP contribution in [0.4, 0.5) is 0 Å². The van der Waals surface area contributed by atoms with Gasteiger partial charge in [-0.3, -0.25) is 4.98 Å². The van der Waals surface area contributed by atoms with Gasteiger partial charge in [-0.15, -0.1) is 11.3 Å². The van der Waals surface area contributed by atoms with Crippen LogP contribution in [0.5, 0.6) is 0 Å². The van der Waals surface area contributed by atoms with Gasteiger partial charge in [-0.2, -0.15) is 0 Å². The maximum absolute atomic E-state index is 5.73. The number of pyridine rings is 1. The van der Waals surface area contributed by atoms with Crippen LogP contribution in [-0.2, 0) is 0 Å². The van der Waals surface area contributed by atoms with E-state index in [-0.39, 0.29) is 0 Å². The minimum Gasteiger partial charge on any atom is -0.389 e. The number of thiazole rings is 1. The smallest absolute Gasteiger partial charge is 0.124 e. The minimum atomic E-state index is 0.318. The second-order valence-corrected chi connectivity index (χ2v) is 5.43. The topological polar surface area (TPSA) is 51.8 Å². The molecule has 3 nitrogen and oxygen atoms in total. The Labute approximate surface area is 110 Å². The van der Waals surface area contributed by atoms with Gasteiger partial charge >= 0.3 is 0 Å². The number of nitrogens with two attached hydrogens (primary N) is 1. The summed E-state index contributed by atoms with van der Waals surface area (Å²) < 4.78 is 0. The molecule has 2 aromatic rings. The van der Waals surface area contributed by atoms with Crippen molar-refractivity contribution in [2.45, 2.75) is 19.8 Å². The van der Waals surface area contributed by atoms with Crippen molar-refractivity contribution in [1.82, 2.24) is 9.97 Å². The van der Waals surface area contributed by atoms with Crippen LogP contribution in [0.1, 0.15) is 30.3 Å². The predicted octanol–water partition coefficient (Wildman–Crippen LogP) is 2.96. The second kappa shape index (κ2) is 4.89. The summed E-state index contributed by atoms with van der Waals surface area (Å²) in [5.74, 6) is 0.318. The van der Waals surface area contributed by atoms with Crippen molar-refractivity contribution in [1.29, 1.82) is 0 Å². The molecule has 2 heterocycles. The van der Waals surface area contributed by atoms with Crippen molar-refractivity contribution in [2.75, 3.05) is 0 Å². The molecule has 0 aliphatic heterocycles. The van der Waals surface area contributed by atoms with Crippen molar-refractivity contribution >= 4 is 28.5 Å². The first kappa shape index (κ1) is 12.1. The standard InChI is InChI=1S/C12H13N3S2/c1-7(2)9-10(11(13)16)17-12(15-9)8-3-5-14-6-4-8/h3-7H,1-2H3,(H2,13,16). The predicted molar refractivity (Wildman–Crippen MR) is 75.3 cm³/mol. The summed E-state index contributed by atoms with van der Waals surface area (Å²) in [6.45, 7) is 4.18. The molecule has 0 aliphatic rings. The van der Waals surface area contributed by atoms with Gasteiger partial charge < -0.3 is 5.73 Å². The van der Waals surface area contributed by atoms with E-state index in [1.165, 1.54) is 0 Å². The third kappa shape index (κ3) is 2.50. The lowest BCUT2D eigenvalue weighted by Crippen LogP contribution is -2.10. The van der Waals surface area contributed by atoms with Gasteiger partial charge in [0.1, 0.15) is 10.00 Å². The summed E-state index contributed by atoms with van der Waals surface area (Å²) in [5, 5.41) is 0.943. The molecule has 2 N–H and O–H groups in total. The Morgan fingerprint density at radius 1 is 1.35 bits per heavy atom. The van der Waals surface area contributed by atoms with E-state index in [1.807, 2.05) is 12.1 Å². The molecule has 0 amide bonds. The Balaban J connectivity index is 2.51. The lowest BCUT2D eigenvalue weighted by Gasteiger charge is -2.02. The average molecular weight is 263 g/mol. The monoisotopic (exact) mass is 263 g/mol. The van der Waals surface area contributed by atoms with E-state index in [2.05, 4.69) is 23.8 Å². The van der Waals surface area contributed by atoms with Gasteiger partial charge in [0.15, 0.2) is 0 Å². The molecule has 0 saturated carbocycles. The van der Waals surface area contributed by atoms with Crippen LogP contribution >= 0.6 is 23.6 Å². The zero-order valence-corrected chi connectivity index (χ0v) is 11.3. The molecule has 0 aromatic carbocycles. The van der Waals surface area contributed by atoms with E-state index < -0.39 is 0 Å². The normalized spacial score (nSPS) is 10.8. The summed E-state index contributed by atoms with van der Waals surface area (Å²) in [6, 6.07) is 3.87. The van der Waals surface area contributed by atoms with Gasteiger partial charge in [0.05, 0.1) is 10.6 Å². The number of hydrogen-bond donors (Lipinski definition) is 1. The van der Waals surface area contributed by atoms with Crippen LogP contribution in [-0.4, -0.2) is 15.0 Å². The highest BCUT2D eigenvalue weighted by Crippen LogP contribution is 2.31. The minimum absolute atomic E-state index is 0.318. The van der Waals surface area contributed by atoms with Crippen LogP contribution in [0.25, 0.3) is 10.6 Å². The first-order chi connectivity index (χ1) is 8.09. The van der Waals surface area contributed by atoms with Crippen LogP contribution in [0.15, 0.2) is 24.5 Å². The molecule has 0 bridgehead atoms. The fraction of sp³-hybridized carbons (Fsp3) is 0.250. The molecule has 0 aliphatic carbocycles. The Bertz CT molecular complexity index is 532. The lowest BCUT2D eigenvalue weighted by atomic mass is 10.1. The molecular weight excluding hydrogens is 250 g/mol. The van der Waals surface area contributed by atoms with Crippen LogP contribution in [0.3, 0.4) is 0 Å². The fourth-order valence-corrected chi connectivity index (χ4v) is 2.83. The van der Waals surface area contributed by atoms with E-state index in [0.717, 1.165) is 21.1 Å². The molecule has 2 aromatic heterocycles. The first-order valence-electron chi connectivity index (χ1n) is 5.30. The van der Waals surface area contributed by atoms with Gasteiger partial charge in [-0.05, 0) is 18.1 Å². The van der Waals surface area contributed by atoms with Crippen molar-refractivity contribution < 1.29 is 0 Å². The highest BCUT2D eigenvalue weighted by atomic mass is 32.1. The molecule has 0 fully saturated rings. The van der Waals surface area contributed by atoms with Crippen molar-refractivity contribution in [3.63, 3.8) is 0 Å². The van der Waals surface area contributed by atoms with E-state index in [4.69, 9.17) is 18.0 Å². The van der Waals surface area contributed by atoms with Crippen LogP contribution < -0.4 is 5.73 Å². The molecular formula is C12H13N3S2. The molecule has 0 unspecified atom stereocenters. The molecule has 17 heavy (non-hydrogen) atoms. The number of aromatic nitrogens is 2. The van der Waals surface area contributed by atoms with Crippen molar-refractivity contribution in [2.24, 2.45) is 5.73 Å². The molecule has 0 radical (unpaired) electrons. The Hall–Kier alpha value is -1.33. The molecule has 5 heteroatoms. The van der Waals surface area contributed by atoms with Crippen molar-refractivity contribution in [3.05, 3.63) is 35.1 Å². The van der Waals surface area contributed by atoms with E-state index in [0.29, 0.717) is 10.9 Å². The molecule has 0 spiro atoms. The highest BCUT2D eigenvalue weighted by Gasteiger charge is 2.16. The summed E-state index contributed by atoms with van der Waals surface area (Å²) in [5.41, 5.74) is 7.76. The third-order valence-electron chi connectivity index (χ3n) is 2.35. The fourth-order valence-electron chi connectivity index (χ4n) is 1.52. The summed E-state index contributed by atoms with van der Waals surface area (Å²) in [6.07, 6.45) is 3.51. The summed E-state index contributed by atoms with van der Waals surface area (Å²) >= 11 is 6.61.